The monoisotopic (exact) mass is 267 g/mol. The van der Waals surface area contributed by atoms with E-state index < -0.39 is 17.4 Å². The molecular formula is C13H14FNO4. The maximum atomic E-state index is 12.8. The molecule has 2 rings (SSSR count). The number of amides is 1. The third kappa shape index (κ3) is 2.73. The highest BCUT2D eigenvalue weighted by Crippen LogP contribution is 2.23. The number of carbonyl (C=O) groups is 2. The summed E-state index contributed by atoms with van der Waals surface area (Å²) in [7, 11) is 0. The van der Waals surface area contributed by atoms with Crippen molar-refractivity contribution in [3.05, 3.63) is 35.6 Å². The van der Waals surface area contributed by atoms with Gasteiger partial charge in [-0.05, 0) is 24.3 Å². The van der Waals surface area contributed by atoms with Crippen LogP contribution in [-0.4, -0.2) is 45.7 Å². The number of likely N-dealkylation sites (tertiary alicyclic amines) is 1. The number of nitrogens with zero attached hydrogens (tertiary/aromatic N) is 1. The van der Waals surface area contributed by atoms with Crippen molar-refractivity contribution in [1.29, 1.82) is 0 Å². The fourth-order valence-electron chi connectivity index (χ4n) is 2.07. The lowest BCUT2D eigenvalue weighted by molar-refractivity contribution is -0.162. The number of rotatable bonds is 2. The molecule has 1 amide bonds. The van der Waals surface area contributed by atoms with E-state index in [-0.39, 0.29) is 31.8 Å². The van der Waals surface area contributed by atoms with E-state index in [1.165, 1.54) is 29.2 Å². The second-order valence-corrected chi connectivity index (χ2v) is 4.64. The summed E-state index contributed by atoms with van der Waals surface area (Å²) in [6.07, 6.45) is -0.00939. The lowest BCUT2D eigenvalue weighted by atomic mass is 9.91. The van der Waals surface area contributed by atoms with Gasteiger partial charge in [0.1, 0.15) is 5.82 Å². The maximum Gasteiger partial charge on any atom is 0.335 e. The Balaban J connectivity index is 2.04. The summed E-state index contributed by atoms with van der Waals surface area (Å²) in [5, 5.41) is 18.6. The number of benzene rings is 1. The number of aliphatic hydroxyl groups is 1. The Hall–Kier alpha value is -1.95. The molecule has 102 valence electrons. The fourth-order valence-corrected chi connectivity index (χ4v) is 2.07. The van der Waals surface area contributed by atoms with Crippen molar-refractivity contribution in [2.75, 3.05) is 13.1 Å². The number of hydrogen-bond donors (Lipinski definition) is 2. The van der Waals surface area contributed by atoms with Crippen molar-refractivity contribution in [3.63, 3.8) is 0 Å². The highest BCUT2D eigenvalue weighted by molar-refractivity contribution is 5.94. The van der Waals surface area contributed by atoms with E-state index in [0.29, 0.717) is 5.56 Å². The molecule has 0 bridgehead atoms. The summed E-state index contributed by atoms with van der Waals surface area (Å²) < 4.78 is 12.8. The summed E-state index contributed by atoms with van der Waals surface area (Å²) in [5.74, 6) is -1.97. The summed E-state index contributed by atoms with van der Waals surface area (Å²) in [4.78, 5) is 24.4. The standard InChI is InChI=1S/C13H14FNO4/c14-10-3-1-9(2-4-10)11(16)15-7-5-13(19,6-8-15)12(17)18/h1-4,19H,5-8H2,(H,17,18). The van der Waals surface area contributed by atoms with Crippen LogP contribution in [0.5, 0.6) is 0 Å². The van der Waals surface area contributed by atoms with Crippen LogP contribution in [0.25, 0.3) is 0 Å². The minimum absolute atomic E-state index is 0.00469. The van der Waals surface area contributed by atoms with Gasteiger partial charge in [-0.15, -0.1) is 0 Å². The molecule has 1 aliphatic rings. The normalized spacial score (nSPS) is 18.1. The molecule has 0 saturated carbocycles. The van der Waals surface area contributed by atoms with Gasteiger partial charge >= 0.3 is 5.97 Å². The number of carbonyl (C=O) groups excluding carboxylic acids is 1. The molecule has 19 heavy (non-hydrogen) atoms. The van der Waals surface area contributed by atoms with Gasteiger partial charge in [-0.3, -0.25) is 4.79 Å². The van der Waals surface area contributed by atoms with Gasteiger partial charge in [0.25, 0.3) is 5.91 Å². The topological polar surface area (TPSA) is 77.8 Å². The summed E-state index contributed by atoms with van der Waals surface area (Å²) in [5.41, 5.74) is -1.40. The summed E-state index contributed by atoms with van der Waals surface area (Å²) in [6, 6.07) is 5.17. The lowest BCUT2D eigenvalue weighted by Crippen LogP contribution is -2.50. The van der Waals surface area contributed by atoms with Crippen molar-refractivity contribution in [2.45, 2.75) is 18.4 Å². The number of carboxylic acids is 1. The molecule has 0 aromatic heterocycles. The van der Waals surface area contributed by atoms with Crippen LogP contribution in [0.4, 0.5) is 4.39 Å². The fraction of sp³-hybridized carbons (Fsp3) is 0.385. The van der Waals surface area contributed by atoms with Crippen molar-refractivity contribution < 1.29 is 24.2 Å². The predicted octanol–water partition coefficient (Wildman–Crippen LogP) is 0.877. The van der Waals surface area contributed by atoms with E-state index in [1.54, 1.807) is 0 Å². The third-order valence-corrected chi connectivity index (χ3v) is 3.37. The molecule has 1 heterocycles. The molecule has 0 unspecified atom stereocenters. The Kier molecular flexibility index (Phi) is 3.53. The van der Waals surface area contributed by atoms with E-state index in [0.717, 1.165) is 0 Å². The first kappa shape index (κ1) is 13.5. The van der Waals surface area contributed by atoms with Crippen LogP contribution in [-0.2, 0) is 4.79 Å². The van der Waals surface area contributed by atoms with Gasteiger partial charge in [-0.25, -0.2) is 9.18 Å². The first-order valence-corrected chi connectivity index (χ1v) is 5.93. The minimum Gasteiger partial charge on any atom is -0.479 e. The molecule has 6 heteroatoms. The molecular weight excluding hydrogens is 253 g/mol. The Morgan fingerprint density at radius 2 is 1.68 bits per heavy atom. The molecule has 1 aromatic rings. The van der Waals surface area contributed by atoms with Gasteiger partial charge in [0.05, 0.1) is 0 Å². The molecule has 0 atom stereocenters. The predicted molar refractivity (Wildman–Crippen MR) is 64.1 cm³/mol. The van der Waals surface area contributed by atoms with E-state index in [2.05, 4.69) is 0 Å². The van der Waals surface area contributed by atoms with E-state index >= 15 is 0 Å². The molecule has 1 aliphatic heterocycles. The van der Waals surface area contributed by atoms with Crippen LogP contribution in [0.3, 0.4) is 0 Å². The summed E-state index contributed by atoms with van der Waals surface area (Å²) in [6.45, 7) is 0.331. The third-order valence-electron chi connectivity index (χ3n) is 3.37. The zero-order valence-electron chi connectivity index (χ0n) is 10.2. The van der Waals surface area contributed by atoms with Gasteiger partial charge in [-0.2, -0.15) is 0 Å². The second kappa shape index (κ2) is 4.97. The maximum absolute atomic E-state index is 12.8. The largest absolute Gasteiger partial charge is 0.479 e. The van der Waals surface area contributed by atoms with E-state index in [4.69, 9.17) is 5.11 Å². The zero-order chi connectivity index (χ0) is 14.0. The van der Waals surface area contributed by atoms with Crippen LogP contribution in [0.1, 0.15) is 23.2 Å². The van der Waals surface area contributed by atoms with Crippen molar-refractivity contribution >= 4 is 11.9 Å². The molecule has 0 spiro atoms. The Bertz CT molecular complexity index is 492. The molecule has 2 N–H and O–H groups in total. The van der Waals surface area contributed by atoms with Crippen LogP contribution in [0, 0.1) is 5.82 Å². The number of piperidine rings is 1. The number of aliphatic carboxylic acids is 1. The Labute approximate surface area is 109 Å². The lowest BCUT2D eigenvalue weighted by Gasteiger charge is -2.35. The van der Waals surface area contributed by atoms with Gasteiger partial charge in [0.2, 0.25) is 0 Å². The highest BCUT2D eigenvalue weighted by atomic mass is 19.1. The Morgan fingerprint density at radius 1 is 1.16 bits per heavy atom. The van der Waals surface area contributed by atoms with Crippen LogP contribution >= 0.6 is 0 Å². The minimum atomic E-state index is -1.75. The average molecular weight is 267 g/mol. The van der Waals surface area contributed by atoms with Crippen molar-refractivity contribution in [2.24, 2.45) is 0 Å². The van der Waals surface area contributed by atoms with Gasteiger partial charge in [0, 0.05) is 31.5 Å². The average Bonchev–Trinajstić information content (AvgIpc) is 2.39. The van der Waals surface area contributed by atoms with Gasteiger partial charge in [0.15, 0.2) is 5.60 Å². The molecule has 1 saturated heterocycles. The molecule has 5 nitrogen and oxygen atoms in total. The highest BCUT2D eigenvalue weighted by Gasteiger charge is 2.40. The first-order valence-electron chi connectivity index (χ1n) is 5.93. The van der Waals surface area contributed by atoms with Crippen LogP contribution in [0.2, 0.25) is 0 Å². The smallest absolute Gasteiger partial charge is 0.335 e. The Morgan fingerprint density at radius 3 is 2.16 bits per heavy atom. The molecule has 0 radical (unpaired) electrons. The number of hydrogen-bond acceptors (Lipinski definition) is 3. The van der Waals surface area contributed by atoms with Gasteiger partial charge < -0.3 is 15.1 Å². The van der Waals surface area contributed by atoms with E-state index in [1.807, 2.05) is 0 Å². The quantitative estimate of drug-likeness (QED) is 0.833. The zero-order valence-corrected chi connectivity index (χ0v) is 10.2. The van der Waals surface area contributed by atoms with Crippen molar-refractivity contribution in [3.8, 4) is 0 Å². The van der Waals surface area contributed by atoms with Crippen LogP contribution < -0.4 is 0 Å². The molecule has 1 fully saturated rings. The van der Waals surface area contributed by atoms with Gasteiger partial charge in [-0.1, -0.05) is 0 Å². The first-order chi connectivity index (χ1) is 8.92. The number of halogens is 1. The second-order valence-electron chi connectivity index (χ2n) is 4.64. The van der Waals surface area contributed by atoms with Crippen molar-refractivity contribution in [1.82, 2.24) is 4.90 Å². The summed E-state index contributed by atoms with van der Waals surface area (Å²) >= 11 is 0. The van der Waals surface area contributed by atoms with E-state index in [9.17, 15) is 19.1 Å². The SMILES string of the molecule is O=C(c1ccc(F)cc1)N1CCC(O)(C(=O)O)CC1. The number of carboxylic acid groups (broad SMARTS) is 1. The molecule has 0 aliphatic carbocycles. The van der Waals surface area contributed by atoms with Crippen LogP contribution in [0.15, 0.2) is 24.3 Å². The molecule has 1 aromatic carbocycles.